The van der Waals surface area contributed by atoms with Gasteiger partial charge in [0.1, 0.15) is 11.6 Å². The van der Waals surface area contributed by atoms with Gasteiger partial charge in [-0.15, -0.1) is 0 Å². The number of hydrogen-bond donors (Lipinski definition) is 1. The second-order valence-electron chi connectivity index (χ2n) is 6.65. The Balaban J connectivity index is 1.53. The van der Waals surface area contributed by atoms with Crippen molar-refractivity contribution in [1.29, 1.82) is 0 Å². The average Bonchev–Trinajstić information content (AvgIpc) is 2.79. The number of benzene rings is 2. The molecule has 1 amide bonds. The summed E-state index contributed by atoms with van der Waals surface area (Å²) in [5.74, 6) is 0.967. The third-order valence-electron chi connectivity index (χ3n) is 4.62. The minimum atomic E-state index is -0.484. The first-order chi connectivity index (χ1) is 15.0. The van der Waals surface area contributed by atoms with Gasteiger partial charge in [-0.3, -0.25) is 14.9 Å². The van der Waals surface area contributed by atoms with E-state index >= 15 is 0 Å². The summed E-state index contributed by atoms with van der Waals surface area (Å²) in [5.41, 5.74) is 1.91. The van der Waals surface area contributed by atoms with Gasteiger partial charge in [-0.05, 0) is 54.4 Å². The van der Waals surface area contributed by atoms with E-state index in [2.05, 4.69) is 20.5 Å². The van der Waals surface area contributed by atoms with Gasteiger partial charge in [-0.2, -0.15) is 10.2 Å². The van der Waals surface area contributed by atoms with Gasteiger partial charge >= 0.3 is 0 Å². The Labute approximate surface area is 176 Å². The number of aromatic nitrogens is 3. The maximum Gasteiger partial charge on any atom is 0.270 e. The first kappa shape index (κ1) is 19.9. The molecule has 2 aromatic carbocycles. The number of aryl methyl sites for hydroxylation is 1. The normalized spacial score (nSPS) is 10.6. The van der Waals surface area contributed by atoms with Crippen LogP contribution in [0.2, 0.25) is 0 Å². The number of nitro benzene ring substituents is 1. The highest BCUT2D eigenvalue weighted by Gasteiger charge is 2.13. The van der Waals surface area contributed by atoms with Crippen molar-refractivity contribution in [3.05, 3.63) is 88.2 Å². The smallest absolute Gasteiger partial charge is 0.270 e. The fourth-order valence-electron chi connectivity index (χ4n) is 2.97. The van der Waals surface area contributed by atoms with Crippen LogP contribution in [0.1, 0.15) is 22.8 Å². The molecule has 2 heterocycles. The van der Waals surface area contributed by atoms with Crippen molar-refractivity contribution in [3.63, 3.8) is 0 Å². The fraction of sp³-hybridized carbons (Fsp3) is 0.0909. The topological polar surface area (TPSA) is 120 Å². The summed E-state index contributed by atoms with van der Waals surface area (Å²) < 4.78 is 5.84. The van der Waals surface area contributed by atoms with Crippen molar-refractivity contribution in [2.75, 3.05) is 5.32 Å². The van der Waals surface area contributed by atoms with Gasteiger partial charge in [0.05, 0.1) is 22.0 Å². The second kappa shape index (κ2) is 8.54. The zero-order valence-electron chi connectivity index (χ0n) is 16.5. The van der Waals surface area contributed by atoms with Gasteiger partial charge in [-0.25, -0.2) is 4.98 Å². The molecule has 0 saturated heterocycles. The van der Waals surface area contributed by atoms with Gasteiger partial charge in [0.25, 0.3) is 11.6 Å². The molecule has 154 valence electrons. The predicted octanol–water partition coefficient (Wildman–Crippen LogP) is 4.54. The minimum absolute atomic E-state index is 0.0712. The molecule has 2 aromatic heterocycles. The number of anilines is 1. The summed E-state index contributed by atoms with van der Waals surface area (Å²) in [4.78, 5) is 27.2. The number of non-ortho nitro benzene ring substituents is 1. The summed E-state index contributed by atoms with van der Waals surface area (Å²) >= 11 is 0. The Morgan fingerprint density at radius 1 is 1.13 bits per heavy atom. The molecule has 0 atom stereocenters. The van der Waals surface area contributed by atoms with Crippen molar-refractivity contribution in [3.8, 4) is 11.5 Å². The average molecular weight is 415 g/mol. The Bertz CT molecular complexity index is 1270. The Morgan fingerprint density at radius 2 is 1.94 bits per heavy atom. The molecular weight excluding hydrogens is 398 g/mol. The lowest BCUT2D eigenvalue weighted by molar-refractivity contribution is -0.384. The van der Waals surface area contributed by atoms with Crippen molar-refractivity contribution >= 4 is 28.3 Å². The molecule has 0 radical (unpaired) electrons. The molecule has 0 fully saturated rings. The predicted molar refractivity (Wildman–Crippen MR) is 114 cm³/mol. The molecular formula is C22H17N5O4. The number of carbonyl (C=O) groups is 1. The van der Waals surface area contributed by atoms with Gasteiger partial charge in [0.15, 0.2) is 5.75 Å². The van der Waals surface area contributed by atoms with Gasteiger partial charge in [-0.1, -0.05) is 6.92 Å². The van der Waals surface area contributed by atoms with Crippen LogP contribution in [-0.2, 0) is 6.42 Å². The number of hydrogen-bond acceptors (Lipinski definition) is 7. The summed E-state index contributed by atoms with van der Waals surface area (Å²) in [6, 6.07) is 14.5. The number of nitrogens with one attached hydrogen (secondary N) is 1. The van der Waals surface area contributed by atoms with E-state index in [0.717, 1.165) is 12.0 Å². The SMILES string of the molecule is CCc1ccnc(NC(=O)c2ccc(Oc3cnnc4ccc([N+](=O)[O-])cc34)cc2)c1. The molecule has 0 bridgehead atoms. The van der Waals surface area contributed by atoms with E-state index in [1.807, 2.05) is 19.1 Å². The van der Waals surface area contributed by atoms with Gasteiger partial charge in [0, 0.05) is 23.9 Å². The fourth-order valence-corrected chi connectivity index (χ4v) is 2.97. The Hall–Kier alpha value is -4.40. The number of carbonyl (C=O) groups excluding carboxylic acids is 1. The molecule has 0 saturated carbocycles. The number of fused-ring (bicyclic) bond motifs is 1. The molecule has 0 aliphatic carbocycles. The molecule has 31 heavy (non-hydrogen) atoms. The summed E-state index contributed by atoms with van der Waals surface area (Å²) in [6.45, 7) is 2.03. The third-order valence-corrected chi connectivity index (χ3v) is 4.62. The van der Waals surface area contributed by atoms with Gasteiger partial charge in [0.2, 0.25) is 0 Å². The molecule has 0 unspecified atom stereocenters. The van der Waals surface area contributed by atoms with Crippen LogP contribution >= 0.6 is 0 Å². The van der Waals surface area contributed by atoms with Crippen LogP contribution in [0, 0.1) is 10.1 Å². The lowest BCUT2D eigenvalue weighted by Crippen LogP contribution is -2.12. The van der Waals surface area contributed by atoms with Crippen LogP contribution in [0.5, 0.6) is 11.5 Å². The van der Waals surface area contributed by atoms with Crippen LogP contribution in [-0.4, -0.2) is 26.0 Å². The Morgan fingerprint density at radius 3 is 2.68 bits per heavy atom. The second-order valence-corrected chi connectivity index (χ2v) is 6.65. The quantitative estimate of drug-likeness (QED) is 0.362. The molecule has 9 nitrogen and oxygen atoms in total. The van der Waals surface area contributed by atoms with Crippen LogP contribution in [0.3, 0.4) is 0 Å². The number of ether oxygens (including phenoxy) is 1. The highest BCUT2D eigenvalue weighted by atomic mass is 16.6. The van der Waals surface area contributed by atoms with Crippen LogP contribution in [0.4, 0.5) is 11.5 Å². The number of amides is 1. The van der Waals surface area contributed by atoms with Crippen molar-refractivity contribution < 1.29 is 14.5 Å². The lowest BCUT2D eigenvalue weighted by atomic mass is 10.2. The van der Waals surface area contributed by atoms with E-state index in [0.29, 0.717) is 33.8 Å². The number of pyridine rings is 1. The standard InChI is InChI=1S/C22H17N5O4/c1-2-14-9-10-23-21(11-14)25-22(28)15-3-6-17(7-4-15)31-20-13-24-26-19-8-5-16(27(29)30)12-18(19)20/h3-13H,2H2,1H3,(H,23,25,28). The monoisotopic (exact) mass is 415 g/mol. The largest absolute Gasteiger partial charge is 0.455 e. The number of nitrogens with zero attached hydrogens (tertiary/aromatic N) is 4. The minimum Gasteiger partial charge on any atom is -0.455 e. The zero-order chi connectivity index (χ0) is 21.8. The maximum atomic E-state index is 12.5. The highest BCUT2D eigenvalue weighted by Crippen LogP contribution is 2.30. The van der Waals surface area contributed by atoms with Crippen molar-refractivity contribution in [2.45, 2.75) is 13.3 Å². The summed E-state index contributed by atoms with van der Waals surface area (Å²) in [7, 11) is 0. The van der Waals surface area contributed by atoms with Crippen LogP contribution in [0.15, 0.2) is 67.0 Å². The molecule has 4 rings (SSSR count). The molecule has 0 spiro atoms. The van der Waals surface area contributed by atoms with Crippen LogP contribution in [0.25, 0.3) is 10.9 Å². The maximum absolute atomic E-state index is 12.5. The number of rotatable bonds is 6. The zero-order valence-corrected chi connectivity index (χ0v) is 16.5. The molecule has 0 aliphatic heterocycles. The van der Waals surface area contributed by atoms with E-state index < -0.39 is 4.92 Å². The number of nitro groups is 1. The lowest BCUT2D eigenvalue weighted by Gasteiger charge is -2.09. The molecule has 0 aliphatic rings. The van der Waals surface area contributed by atoms with E-state index in [1.54, 1.807) is 30.5 Å². The Kier molecular flexibility index (Phi) is 5.48. The van der Waals surface area contributed by atoms with E-state index in [-0.39, 0.29) is 11.6 Å². The van der Waals surface area contributed by atoms with Crippen molar-refractivity contribution in [2.24, 2.45) is 0 Å². The van der Waals surface area contributed by atoms with Gasteiger partial charge < -0.3 is 10.1 Å². The first-order valence-corrected chi connectivity index (χ1v) is 9.47. The molecule has 4 aromatic rings. The first-order valence-electron chi connectivity index (χ1n) is 9.47. The molecule has 1 N–H and O–H groups in total. The summed E-state index contributed by atoms with van der Waals surface area (Å²) in [6.07, 6.45) is 3.89. The molecule has 9 heteroatoms. The van der Waals surface area contributed by atoms with E-state index in [1.165, 1.54) is 24.4 Å². The summed E-state index contributed by atoms with van der Waals surface area (Å²) in [5, 5.41) is 22.1. The van der Waals surface area contributed by atoms with Crippen LogP contribution < -0.4 is 10.1 Å². The van der Waals surface area contributed by atoms with E-state index in [9.17, 15) is 14.9 Å². The third kappa shape index (κ3) is 4.45. The van der Waals surface area contributed by atoms with Crippen molar-refractivity contribution in [1.82, 2.24) is 15.2 Å². The van der Waals surface area contributed by atoms with E-state index in [4.69, 9.17) is 4.74 Å². The highest BCUT2D eigenvalue weighted by molar-refractivity contribution is 6.03.